The Bertz CT molecular complexity index is 3820. The summed E-state index contributed by atoms with van der Waals surface area (Å²) in [6.07, 6.45) is 0. The van der Waals surface area contributed by atoms with E-state index >= 15 is 9.59 Å². The number of ketones is 2. The SMILES string of the molecule is Cc1ccc2c(c1)C1(c3cc(C(=O)c4ccc5c(c4)C(C)(C)c4ccccc4-5)ccc3-c3ccc(C(=O)c4ccc5c(c4)C(C)(C)c4ccccc4-5)cc31)c1cc(N(c3ccccc3)c3ccccc3)ccc1-2. The Morgan fingerprint density at radius 2 is 0.630 bits per heavy atom. The Morgan fingerprint density at radius 1 is 0.301 bits per heavy atom. The minimum Gasteiger partial charge on any atom is -0.310 e. The summed E-state index contributed by atoms with van der Waals surface area (Å²) in [5, 5.41) is 0. The molecule has 1 spiro atoms. The molecule has 4 aliphatic carbocycles. The average Bonchev–Trinajstić information content (AvgIpc) is 4.06. The molecule has 3 nitrogen and oxygen atoms in total. The van der Waals surface area contributed by atoms with Crippen LogP contribution in [0, 0.1) is 6.92 Å². The highest BCUT2D eigenvalue weighted by Crippen LogP contribution is 2.64. The molecule has 0 N–H and O–H groups in total. The summed E-state index contributed by atoms with van der Waals surface area (Å²) >= 11 is 0. The Morgan fingerprint density at radius 3 is 1.08 bits per heavy atom. The van der Waals surface area contributed by atoms with Gasteiger partial charge in [-0.15, -0.1) is 0 Å². The smallest absolute Gasteiger partial charge is 0.193 e. The van der Waals surface area contributed by atoms with Crippen molar-refractivity contribution in [3.05, 3.63) is 291 Å². The topological polar surface area (TPSA) is 37.4 Å². The number of anilines is 3. The Hall–Kier alpha value is -8.66. The molecule has 0 unspecified atom stereocenters. The van der Waals surface area contributed by atoms with Gasteiger partial charge in [0.25, 0.3) is 0 Å². The highest BCUT2D eigenvalue weighted by molar-refractivity contribution is 6.12. The number of aryl methyl sites for hydroxylation is 1. The second-order valence-electron chi connectivity index (χ2n) is 21.6. The lowest BCUT2D eigenvalue weighted by atomic mass is 9.69. The third kappa shape index (κ3) is 6.00. The number of hydrogen-bond donors (Lipinski definition) is 0. The quantitative estimate of drug-likeness (QED) is 0.149. The number of rotatable bonds is 7. The summed E-state index contributed by atoms with van der Waals surface area (Å²) < 4.78 is 0. The van der Waals surface area contributed by atoms with Crippen molar-refractivity contribution in [3.8, 4) is 44.5 Å². The van der Waals surface area contributed by atoms with Crippen LogP contribution >= 0.6 is 0 Å². The summed E-state index contributed by atoms with van der Waals surface area (Å²) in [5.74, 6) is -0.0337. The number of carbonyl (C=O) groups is 2. The molecule has 0 aromatic heterocycles. The molecule has 10 aromatic carbocycles. The lowest BCUT2D eigenvalue weighted by Gasteiger charge is -2.32. The second kappa shape index (κ2) is 15.4. The zero-order valence-corrected chi connectivity index (χ0v) is 41.5. The summed E-state index contributed by atoms with van der Waals surface area (Å²) in [4.78, 5) is 32.8. The van der Waals surface area contributed by atoms with Crippen molar-refractivity contribution < 1.29 is 9.59 Å². The summed E-state index contributed by atoms with van der Waals surface area (Å²) in [6.45, 7) is 11.2. The molecule has 10 aromatic rings. The van der Waals surface area contributed by atoms with E-state index in [0.29, 0.717) is 22.3 Å². The van der Waals surface area contributed by atoms with E-state index in [-0.39, 0.29) is 22.4 Å². The number of hydrogen-bond acceptors (Lipinski definition) is 3. The Kier molecular flexibility index (Phi) is 9.12. The van der Waals surface area contributed by atoms with Gasteiger partial charge in [-0.3, -0.25) is 9.59 Å². The Balaban J connectivity index is 0.983. The van der Waals surface area contributed by atoms with Gasteiger partial charge in [0.1, 0.15) is 0 Å². The number of para-hydroxylation sites is 2. The van der Waals surface area contributed by atoms with Crippen LogP contribution in [0.15, 0.2) is 218 Å². The summed E-state index contributed by atoms with van der Waals surface area (Å²) in [6, 6.07) is 77.2. The lowest BCUT2D eigenvalue weighted by Crippen LogP contribution is -2.27. The minimum atomic E-state index is -0.883. The molecule has 0 aliphatic heterocycles. The fraction of sp³-hybridized carbons (Fsp3) is 0.114. The summed E-state index contributed by atoms with van der Waals surface area (Å²) in [7, 11) is 0. The van der Waals surface area contributed by atoms with Crippen LogP contribution in [0.4, 0.5) is 17.1 Å². The Labute approximate surface area is 427 Å². The first kappa shape index (κ1) is 43.2. The first-order valence-electron chi connectivity index (χ1n) is 25.5. The highest BCUT2D eigenvalue weighted by Gasteiger charge is 2.53. The number of benzene rings is 10. The van der Waals surface area contributed by atoms with E-state index in [1.165, 1.54) is 44.5 Å². The monoisotopic (exact) mass is 937 g/mol. The third-order valence-electron chi connectivity index (χ3n) is 16.9. The molecule has 73 heavy (non-hydrogen) atoms. The molecule has 0 fully saturated rings. The van der Waals surface area contributed by atoms with Gasteiger partial charge in [-0.2, -0.15) is 0 Å². The van der Waals surface area contributed by atoms with Crippen LogP contribution in [0.1, 0.15) is 110 Å². The van der Waals surface area contributed by atoms with E-state index in [1.54, 1.807) is 0 Å². The van der Waals surface area contributed by atoms with Crippen LogP contribution in [-0.2, 0) is 16.2 Å². The maximum absolute atomic E-state index is 15.3. The van der Waals surface area contributed by atoms with Gasteiger partial charge in [0, 0.05) is 50.1 Å². The van der Waals surface area contributed by atoms with Crippen molar-refractivity contribution in [2.24, 2.45) is 0 Å². The number of fused-ring (bicyclic) bond motifs is 16. The third-order valence-corrected chi connectivity index (χ3v) is 16.9. The van der Waals surface area contributed by atoms with Crippen molar-refractivity contribution in [3.63, 3.8) is 0 Å². The van der Waals surface area contributed by atoms with Gasteiger partial charge in [0.05, 0.1) is 5.41 Å². The van der Waals surface area contributed by atoms with Gasteiger partial charge in [0.2, 0.25) is 0 Å². The van der Waals surface area contributed by atoms with E-state index in [4.69, 9.17) is 0 Å². The molecule has 0 saturated heterocycles. The molecule has 348 valence electrons. The van der Waals surface area contributed by atoms with Gasteiger partial charge in [0.15, 0.2) is 11.6 Å². The number of nitrogens with zero attached hydrogens (tertiary/aromatic N) is 1. The molecule has 0 atom stereocenters. The second-order valence-corrected chi connectivity index (χ2v) is 21.6. The minimum absolute atomic E-state index is 0.0169. The van der Waals surface area contributed by atoms with E-state index in [0.717, 1.165) is 67.1 Å². The first-order chi connectivity index (χ1) is 35.4. The fourth-order valence-electron chi connectivity index (χ4n) is 13.4. The molecule has 0 saturated carbocycles. The van der Waals surface area contributed by atoms with Crippen LogP contribution in [0.25, 0.3) is 44.5 Å². The maximum atomic E-state index is 15.3. The van der Waals surface area contributed by atoms with Crippen LogP contribution in [0.2, 0.25) is 0 Å². The molecule has 0 bridgehead atoms. The van der Waals surface area contributed by atoms with E-state index in [9.17, 15) is 0 Å². The molecule has 4 aliphatic rings. The van der Waals surface area contributed by atoms with Gasteiger partial charge < -0.3 is 4.90 Å². The lowest BCUT2D eigenvalue weighted by molar-refractivity contribution is 0.103. The van der Waals surface area contributed by atoms with Crippen molar-refractivity contribution >= 4 is 28.6 Å². The van der Waals surface area contributed by atoms with Crippen molar-refractivity contribution in [1.82, 2.24) is 0 Å². The van der Waals surface area contributed by atoms with Crippen LogP contribution < -0.4 is 4.90 Å². The molecule has 14 rings (SSSR count). The van der Waals surface area contributed by atoms with Crippen molar-refractivity contribution in [2.75, 3.05) is 4.90 Å². The first-order valence-corrected chi connectivity index (χ1v) is 25.5. The maximum Gasteiger partial charge on any atom is 0.193 e. The molecule has 3 heteroatoms. The summed E-state index contributed by atoms with van der Waals surface area (Å²) in [5.41, 5.74) is 23.9. The zero-order chi connectivity index (χ0) is 49.5. The van der Waals surface area contributed by atoms with E-state index in [1.807, 2.05) is 24.3 Å². The molecular formula is C70H51NO2. The van der Waals surface area contributed by atoms with Gasteiger partial charge >= 0.3 is 0 Å². The van der Waals surface area contributed by atoms with Crippen molar-refractivity contribution in [1.29, 1.82) is 0 Å². The van der Waals surface area contributed by atoms with Gasteiger partial charge in [-0.25, -0.2) is 0 Å². The number of carbonyl (C=O) groups excluding carboxylic acids is 2. The average molecular weight is 938 g/mol. The molecule has 0 radical (unpaired) electrons. The van der Waals surface area contributed by atoms with Crippen LogP contribution in [-0.4, -0.2) is 11.6 Å². The largest absolute Gasteiger partial charge is 0.310 e. The fourth-order valence-corrected chi connectivity index (χ4v) is 13.4. The van der Waals surface area contributed by atoms with E-state index < -0.39 is 5.41 Å². The molecule has 0 amide bonds. The van der Waals surface area contributed by atoms with Crippen molar-refractivity contribution in [2.45, 2.75) is 50.9 Å². The highest BCUT2D eigenvalue weighted by atomic mass is 16.1. The predicted molar refractivity (Wildman–Crippen MR) is 297 cm³/mol. The predicted octanol–water partition coefficient (Wildman–Crippen LogP) is 16.9. The van der Waals surface area contributed by atoms with Crippen LogP contribution in [0.3, 0.4) is 0 Å². The zero-order valence-electron chi connectivity index (χ0n) is 41.5. The van der Waals surface area contributed by atoms with Gasteiger partial charge in [-0.1, -0.05) is 191 Å². The molecule has 0 heterocycles. The van der Waals surface area contributed by atoms with Gasteiger partial charge in [-0.05, 0) is 157 Å². The molecular weight excluding hydrogens is 887 g/mol. The van der Waals surface area contributed by atoms with Crippen LogP contribution in [0.5, 0.6) is 0 Å². The normalized spacial score (nSPS) is 14.8. The standard InChI is InChI=1S/C70H51NO2/c1-42-24-30-54-57-35-29-49(71(47-16-8-6-9-17-47)48-18-10-7-11-19-48)41-65(57)70(62(54)36-42)63-39-45(66(72)43-25-31-52-50-20-12-14-22-58(50)68(2,3)60(52)37-43)27-33-55(63)56-34-28-46(40-64(56)70)67(73)44-26-32-53-51-21-13-15-23-59(51)69(4,5)61(53)38-44/h6-41H,1-5H3. The van der Waals surface area contributed by atoms with E-state index in [2.05, 4.69) is 234 Å².